The summed E-state index contributed by atoms with van der Waals surface area (Å²) in [6, 6.07) is 7.33. The number of nitrogens with one attached hydrogen (secondary N) is 2. The van der Waals surface area contributed by atoms with Crippen molar-refractivity contribution >= 4 is 11.7 Å². The number of carbonyl (C=O) groups is 1. The van der Waals surface area contributed by atoms with Crippen LogP contribution in [0.15, 0.2) is 24.3 Å². The number of hydrogen-bond donors (Lipinski definition) is 3. The SMILES string of the molecule is CC(C)OCCCCNC(=O)Nc1cccc(C(C)N)c1. The molecule has 0 spiro atoms. The van der Waals surface area contributed by atoms with Crippen molar-refractivity contribution in [1.29, 1.82) is 0 Å². The summed E-state index contributed by atoms with van der Waals surface area (Å²) >= 11 is 0. The molecule has 0 aliphatic carbocycles. The molecule has 1 aromatic carbocycles. The van der Waals surface area contributed by atoms with Crippen LogP contribution >= 0.6 is 0 Å². The number of rotatable bonds is 8. The highest BCUT2D eigenvalue weighted by atomic mass is 16.5. The van der Waals surface area contributed by atoms with Crippen molar-refractivity contribution in [3.63, 3.8) is 0 Å². The van der Waals surface area contributed by atoms with Crippen molar-refractivity contribution in [3.8, 4) is 0 Å². The molecule has 0 aliphatic heterocycles. The maximum atomic E-state index is 11.7. The lowest BCUT2D eigenvalue weighted by Crippen LogP contribution is -2.29. The van der Waals surface area contributed by atoms with Gasteiger partial charge in [-0.1, -0.05) is 12.1 Å². The largest absolute Gasteiger partial charge is 0.379 e. The fourth-order valence-corrected chi connectivity index (χ4v) is 1.82. The molecule has 0 aliphatic rings. The van der Waals surface area contributed by atoms with Gasteiger partial charge in [-0.25, -0.2) is 4.79 Å². The van der Waals surface area contributed by atoms with Crippen LogP contribution in [0.25, 0.3) is 0 Å². The minimum atomic E-state index is -0.193. The van der Waals surface area contributed by atoms with Gasteiger partial charge in [0.1, 0.15) is 0 Å². The number of nitrogens with two attached hydrogens (primary N) is 1. The minimum Gasteiger partial charge on any atom is -0.379 e. The molecule has 0 saturated heterocycles. The Morgan fingerprint density at radius 3 is 2.71 bits per heavy atom. The highest BCUT2D eigenvalue weighted by Gasteiger charge is 2.04. The van der Waals surface area contributed by atoms with Crippen LogP contribution in [-0.4, -0.2) is 25.3 Å². The van der Waals surface area contributed by atoms with Gasteiger partial charge in [0.25, 0.3) is 0 Å². The number of ether oxygens (including phenoxy) is 1. The molecule has 0 radical (unpaired) electrons. The van der Waals surface area contributed by atoms with E-state index in [1.165, 1.54) is 0 Å². The lowest BCUT2D eigenvalue weighted by atomic mass is 10.1. The molecule has 21 heavy (non-hydrogen) atoms. The van der Waals surface area contributed by atoms with Crippen molar-refractivity contribution in [3.05, 3.63) is 29.8 Å². The van der Waals surface area contributed by atoms with E-state index in [0.29, 0.717) is 6.54 Å². The van der Waals surface area contributed by atoms with E-state index in [0.717, 1.165) is 30.7 Å². The van der Waals surface area contributed by atoms with Gasteiger partial charge in [0.15, 0.2) is 0 Å². The van der Waals surface area contributed by atoms with Crippen LogP contribution in [0.5, 0.6) is 0 Å². The average Bonchev–Trinajstić information content (AvgIpc) is 2.42. The molecule has 5 nitrogen and oxygen atoms in total. The average molecular weight is 293 g/mol. The maximum absolute atomic E-state index is 11.7. The second-order valence-corrected chi connectivity index (χ2v) is 5.42. The minimum absolute atomic E-state index is 0.0456. The van der Waals surface area contributed by atoms with Crippen molar-refractivity contribution in [2.75, 3.05) is 18.5 Å². The molecule has 5 heteroatoms. The molecule has 0 fully saturated rings. The van der Waals surface area contributed by atoms with Gasteiger partial charge in [0.05, 0.1) is 6.10 Å². The van der Waals surface area contributed by atoms with Gasteiger partial charge in [-0.2, -0.15) is 0 Å². The van der Waals surface area contributed by atoms with Gasteiger partial charge in [0.2, 0.25) is 0 Å². The van der Waals surface area contributed by atoms with E-state index in [9.17, 15) is 4.79 Å². The van der Waals surface area contributed by atoms with E-state index in [4.69, 9.17) is 10.5 Å². The fraction of sp³-hybridized carbons (Fsp3) is 0.562. The molecule has 1 aromatic rings. The topological polar surface area (TPSA) is 76.4 Å². The van der Waals surface area contributed by atoms with E-state index in [1.54, 1.807) is 0 Å². The van der Waals surface area contributed by atoms with Crippen LogP contribution in [0, 0.1) is 0 Å². The lowest BCUT2D eigenvalue weighted by Gasteiger charge is -2.11. The normalized spacial score (nSPS) is 12.2. The molecular weight excluding hydrogens is 266 g/mol. The van der Waals surface area contributed by atoms with E-state index in [2.05, 4.69) is 10.6 Å². The zero-order chi connectivity index (χ0) is 15.7. The van der Waals surface area contributed by atoms with Crippen molar-refractivity contribution in [1.82, 2.24) is 5.32 Å². The van der Waals surface area contributed by atoms with E-state index >= 15 is 0 Å². The molecule has 0 heterocycles. The first kappa shape index (κ1) is 17.5. The second-order valence-electron chi connectivity index (χ2n) is 5.42. The van der Waals surface area contributed by atoms with Crippen molar-refractivity contribution < 1.29 is 9.53 Å². The number of carbonyl (C=O) groups excluding carboxylic acids is 1. The zero-order valence-corrected chi connectivity index (χ0v) is 13.2. The van der Waals surface area contributed by atoms with Gasteiger partial charge >= 0.3 is 6.03 Å². The lowest BCUT2D eigenvalue weighted by molar-refractivity contribution is 0.0761. The van der Waals surface area contributed by atoms with Gasteiger partial charge in [-0.3, -0.25) is 0 Å². The molecule has 0 aromatic heterocycles. The highest BCUT2D eigenvalue weighted by molar-refractivity contribution is 5.89. The molecule has 4 N–H and O–H groups in total. The third kappa shape index (κ3) is 7.68. The summed E-state index contributed by atoms with van der Waals surface area (Å²) in [5.41, 5.74) is 7.57. The van der Waals surface area contributed by atoms with Gasteiger partial charge < -0.3 is 21.1 Å². The van der Waals surface area contributed by atoms with E-state index in [-0.39, 0.29) is 18.2 Å². The summed E-state index contributed by atoms with van der Waals surface area (Å²) in [6.07, 6.45) is 2.11. The summed E-state index contributed by atoms with van der Waals surface area (Å²) in [5, 5.41) is 5.64. The molecule has 1 atom stereocenters. The molecule has 0 saturated carbocycles. The third-order valence-corrected chi connectivity index (χ3v) is 2.98. The molecule has 118 valence electrons. The summed E-state index contributed by atoms with van der Waals surface area (Å²) in [5.74, 6) is 0. The summed E-state index contributed by atoms with van der Waals surface area (Å²) in [4.78, 5) is 11.7. The smallest absolute Gasteiger partial charge is 0.319 e. The Morgan fingerprint density at radius 1 is 1.29 bits per heavy atom. The van der Waals surface area contributed by atoms with Crippen LogP contribution in [0.4, 0.5) is 10.5 Å². The molecule has 0 bridgehead atoms. The summed E-state index contributed by atoms with van der Waals surface area (Å²) < 4.78 is 5.44. The predicted octanol–water partition coefficient (Wildman–Crippen LogP) is 3.03. The monoisotopic (exact) mass is 293 g/mol. The molecular formula is C16H27N3O2. The van der Waals surface area contributed by atoms with Crippen molar-refractivity contribution in [2.45, 2.75) is 45.8 Å². The Hall–Kier alpha value is -1.59. The van der Waals surface area contributed by atoms with Crippen LogP contribution in [0.3, 0.4) is 0 Å². The van der Waals surface area contributed by atoms with Crippen molar-refractivity contribution in [2.24, 2.45) is 5.73 Å². The first-order chi connectivity index (χ1) is 9.99. The van der Waals surface area contributed by atoms with Crippen LogP contribution in [-0.2, 0) is 4.74 Å². The Labute approximate surface area is 127 Å². The van der Waals surface area contributed by atoms with Gasteiger partial charge in [-0.15, -0.1) is 0 Å². The number of hydrogen-bond acceptors (Lipinski definition) is 3. The first-order valence-electron chi connectivity index (χ1n) is 7.51. The highest BCUT2D eigenvalue weighted by Crippen LogP contribution is 2.15. The Kier molecular flexibility index (Phi) is 7.79. The zero-order valence-electron chi connectivity index (χ0n) is 13.2. The number of amides is 2. The summed E-state index contributed by atoms with van der Waals surface area (Å²) in [6.45, 7) is 7.32. The molecule has 1 rings (SSSR count). The standard InChI is InChI=1S/C16H27N3O2/c1-12(2)21-10-5-4-9-18-16(20)19-15-8-6-7-14(11-15)13(3)17/h6-8,11-13H,4-5,9-10,17H2,1-3H3,(H2,18,19,20). The number of benzene rings is 1. The number of anilines is 1. The van der Waals surface area contributed by atoms with Crippen LogP contribution in [0.2, 0.25) is 0 Å². The molecule has 2 amide bonds. The van der Waals surface area contributed by atoms with E-state index < -0.39 is 0 Å². The maximum Gasteiger partial charge on any atom is 0.319 e. The van der Waals surface area contributed by atoms with Crippen LogP contribution < -0.4 is 16.4 Å². The van der Waals surface area contributed by atoms with Gasteiger partial charge in [0, 0.05) is 24.9 Å². The van der Waals surface area contributed by atoms with Gasteiger partial charge in [-0.05, 0) is 51.3 Å². The molecule has 1 unspecified atom stereocenters. The van der Waals surface area contributed by atoms with E-state index in [1.807, 2.05) is 45.0 Å². The number of urea groups is 1. The number of unbranched alkanes of at least 4 members (excludes halogenated alkanes) is 1. The third-order valence-electron chi connectivity index (χ3n) is 2.98. The Balaban J connectivity index is 2.23. The first-order valence-corrected chi connectivity index (χ1v) is 7.51. The Bertz CT molecular complexity index is 433. The predicted molar refractivity (Wildman–Crippen MR) is 86.4 cm³/mol. The van der Waals surface area contributed by atoms with Crippen LogP contribution in [0.1, 0.15) is 45.2 Å². The second kappa shape index (κ2) is 9.37. The fourth-order valence-electron chi connectivity index (χ4n) is 1.82. The summed E-state index contributed by atoms with van der Waals surface area (Å²) in [7, 11) is 0. The Morgan fingerprint density at radius 2 is 2.05 bits per heavy atom. The quantitative estimate of drug-likeness (QED) is 0.645.